The van der Waals surface area contributed by atoms with Crippen molar-refractivity contribution in [3.8, 4) is 0 Å². The first kappa shape index (κ1) is 11.6. The third-order valence-electron chi connectivity index (χ3n) is 3.68. The molecule has 3 rings (SSSR count). The predicted molar refractivity (Wildman–Crippen MR) is 65.7 cm³/mol. The number of aryl methyl sites for hydroxylation is 1. The summed E-state index contributed by atoms with van der Waals surface area (Å²) in [4.78, 5) is 14.1. The topological polar surface area (TPSA) is 63.1 Å². The van der Waals surface area contributed by atoms with E-state index in [-0.39, 0.29) is 11.9 Å². The van der Waals surface area contributed by atoms with Crippen LogP contribution in [0.25, 0.3) is 0 Å². The standard InChI is InChI=1S/C12H19N5O/c1-2-16-8-13-15-11(16)7-17-6-5-10(12(17)18)14-9-3-4-9/h8-10,14H,2-7H2,1H3. The highest BCUT2D eigenvalue weighted by Crippen LogP contribution is 2.23. The maximum atomic E-state index is 12.2. The largest absolute Gasteiger partial charge is 0.334 e. The highest BCUT2D eigenvalue weighted by atomic mass is 16.2. The van der Waals surface area contributed by atoms with Crippen LogP contribution in [-0.4, -0.2) is 44.2 Å². The summed E-state index contributed by atoms with van der Waals surface area (Å²) in [7, 11) is 0. The van der Waals surface area contributed by atoms with Gasteiger partial charge in [0, 0.05) is 19.1 Å². The summed E-state index contributed by atoms with van der Waals surface area (Å²) in [5.41, 5.74) is 0. The number of carbonyl (C=O) groups is 1. The van der Waals surface area contributed by atoms with E-state index in [1.54, 1.807) is 6.33 Å². The molecule has 1 aromatic rings. The lowest BCUT2D eigenvalue weighted by Crippen LogP contribution is -2.39. The molecule has 2 fully saturated rings. The number of nitrogens with zero attached hydrogens (tertiary/aromatic N) is 4. The summed E-state index contributed by atoms with van der Waals surface area (Å²) in [5, 5.41) is 11.4. The smallest absolute Gasteiger partial charge is 0.240 e. The van der Waals surface area contributed by atoms with Gasteiger partial charge in [0.1, 0.15) is 6.33 Å². The summed E-state index contributed by atoms with van der Waals surface area (Å²) < 4.78 is 1.98. The SMILES string of the molecule is CCn1cnnc1CN1CCC(NC2CC2)C1=O. The number of nitrogens with one attached hydrogen (secondary N) is 1. The number of hydrogen-bond donors (Lipinski definition) is 1. The first-order valence-electron chi connectivity index (χ1n) is 6.69. The van der Waals surface area contributed by atoms with Gasteiger partial charge in [0.05, 0.1) is 12.6 Å². The lowest BCUT2D eigenvalue weighted by molar-refractivity contribution is -0.130. The average Bonchev–Trinajstić information content (AvgIpc) is 2.98. The van der Waals surface area contributed by atoms with Gasteiger partial charge in [-0.25, -0.2) is 0 Å². The molecule has 98 valence electrons. The molecular weight excluding hydrogens is 230 g/mol. The lowest BCUT2D eigenvalue weighted by atomic mass is 10.2. The molecule has 1 aliphatic heterocycles. The van der Waals surface area contributed by atoms with E-state index in [4.69, 9.17) is 0 Å². The van der Waals surface area contributed by atoms with Crippen molar-refractivity contribution in [1.82, 2.24) is 25.0 Å². The molecule has 1 unspecified atom stereocenters. The molecule has 18 heavy (non-hydrogen) atoms. The van der Waals surface area contributed by atoms with Gasteiger partial charge in [-0.05, 0) is 26.2 Å². The second kappa shape index (κ2) is 4.68. The summed E-state index contributed by atoms with van der Waals surface area (Å²) in [6.07, 6.45) is 5.06. The fourth-order valence-corrected chi connectivity index (χ4v) is 2.42. The van der Waals surface area contributed by atoms with E-state index in [1.807, 2.05) is 9.47 Å². The molecule has 1 saturated heterocycles. The van der Waals surface area contributed by atoms with Crippen LogP contribution in [0.15, 0.2) is 6.33 Å². The molecule has 1 saturated carbocycles. The Morgan fingerprint density at radius 3 is 3.00 bits per heavy atom. The number of likely N-dealkylation sites (tertiary alicyclic amines) is 1. The van der Waals surface area contributed by atoms with Gasteiger partial charge in [0.15, 0.2) is 5.82 Å². The van der Waals surface area contributed by atoms with Gasteiger partial charge >= 0.3 is 0 Å². The van der Waals surface area contributed by atoms with Crippen LogP contribution < -0.4 is 5.32 Å². The van der Waals surface area contributed by atoms with Gasteiger partial charge in [-0.2, -0.15) is 0 Å². The summed E-state index contributed by atoms with van der Waals surface area (Å²) >= 11 is 0. The first-order valence-corrected chi connectivity index (χ1v) is 6.69. The molecule has 1 atom stereocenters. The fraction of sp³-hybridized carbons (Fsp3) is 0.750. The zero-order chi connectivity index (χ0) is 12.5. The molecule has 2 aliphatic rings. The van der Waals surface area contributed by atoms with E-state index in [0.717, 1.165) is 25.3 Å². The van der Waals surface area contributed by atoms with Crippen LogP contribution in [0.4, 0.5) is 0 Å². The number of amides is 1. The molecule has 1 aliphatic carbocycles. The van der Waals surface area contributed by atoms with Crippen LogP contribution in [0.2, 0.25) is 0 Å². The van der Waals surface area contributed by atoms with Crippen LogP contribution >= 0.6 is 0 Å². The van der Waals surface area contributed by atoms with Crippen molar-refractivity contribution in [2.45, 2.75) is 51.4 Å². The number of aromatic nitrogens is 3. The van der Waals surface area contributed by atoms with E-state index >= 15 is 0 Å². The minimum absolute atomic E-state index is 0.0236. The Balaban J connectivity index is 1.61. The normalized spacial score (nSPS) is 23.9. The Kier molecular flexibility index (Phi) is 3.03. The zero-order valence-electron chi connectivity index (χ0n) is 10.7. The van der Waals surface area contributed by atoms with Crippen molar-refractivity contribution in [1.29, 1.82) is 0 Å². The van der Waals surface area contributed by atoms with Crippen LogP contribution in [0.5, 0.6) is 0 Å². The van der Waals surface area contributed by atoms with Crippen LogP contribution in [0.3, 0.4) is 0 Å². The van der Waals surface area contributed by atoms with Gasteiger partial charge in [-0.15, -0.1) is 10.2 Å². The van der Waals surface area contributed by atoms with Crippen molar-refractivity contribution in [2.24, 2.45) is 0 Å². The molecular formula is C12H19N5O. The first-order chi connectivity index (χ1) is 8.78. The zero-order valence-corrected chi connectivity index (χ0v) is 10.7. The average molecular weight is 249 g/mol. The maximum absolute atomic E-state index is 12.2. The molecule has 1 amide bonds. The van der Waals surface area contributed by atoms with Gasteiger partial charge in [-0.1, -0.05) is 0 Å². The number of carbonyl (C=O) groups excluding carboxylic acids is 1. The Bertz CT molecular complexity index is 439. The molecule has 0 aromatic carbocycles. The van der Waals surface area contributed by atoms with Crippen molar-refractivity contribution in [2.75, 3.05) is 6.54 Å². The van der Waals surface area contributed by atoms with E-state index < -0.39 is 0 Å². The molecule has 6 nitrogen and oxygen atoms in total. The van der Waals surface area contributed by atoms with Crippen molar-refractivity contribution < 1.29 is 4.79 Å². The summed E-state index contributed by atoms with van der Waals surface area (Å²) in [6.45, 7) is 4.29. The highest BCUT2D eigenvalue weighted by molar-refractivity contribution is 5.84. The van der Waals surface area contributed by atoms with Crippen LogP contribution in [-0.2, 0) is 17.9 Å². The number of hydrogen-bond acceptors (Lipinski definition) is 4. The third-order valence-corrected chi connectivity index (χ3v) is 3.68. The van der Waals surface area contributed by atoms with Crippen molar-refractivity contribution in [3.05, 3.63) is 12.2 Å². The molecule has 1 aromatic heterocycles. The van der Waals surface area contributed by atoms with E-state index in [0.29, 0.717) is 12.6 Å². The van der Waals surface area contributed by atoms with E-state index in [2.05, 4.69) is 22.4 Å². The molecule has 1 N–H and O–H groups in total. The van der Waals surface area contributed by atoms with Gasteiger partial charge in [0.2, 0.25) is 5.91 Å². The maximum Gasteiger partial charge on any atom is 0.240 e. The Morgan fingerprint density at radius 1 is 1.44 bits per heavy atom. The summed E-state index contributed by atoms with van der Waals surface area (Å²) in [5.74, 6) is 1.09. The van der Waals surface area contributed by atoms with E-state index in [9.17, 15) is 4.79 Å². The monoisotopic (exact) mass is 249 g/mol. The van der Waals surface area contributed by atoms with Gasteiger partial charge < -0.3 is 14.8 Å². The molecule has 0 spiro atoms. The van der Waals surface area contributed by atoms with Crippen LogP contribution in [0.1, 0.15) is 32.0 Å². The second-order valence-electron chi connectivity index (χ2n) is 5.08. The minimum atomic E-state index is 0.0236. The Morgan fingerprint density at radius 2 is 2.28 bits per heavy atom. The Labute approximate surface area is 106 Å². The fourth-order valence-electron chi connectivity index (χ4n) is 2.42. The van der Waals surface area contributed by atoms with Gasteiger partial charge in [-0.3, -0.25) is 4.79 Å². The summed E-state index contributed by atoms with van der Waals surface area (Å²) in [6, 6.07) is 0.605. The number of rotatable bonds is 5. The quantitative estimate of drug-likeness (QED) is 0.807. The molecule has 0 bridgehead atoms. The lowest BCUT2D eigenvalue weighted by Gasteiger charge is -2.16. The minimum Gasteiger partial charge on any atom is -0.334 e. The second-order valence-corrected chi connectivity index (χ2v) is 5.08. The van der Waals surface area contributed by atoms with Crippen molar-refractivity contribution in [3.63, 3.8) is 0 Å². The van der Waals surface area contributed by atoms with Crippen molar-refractivity contribution >= 4 is 5.91 Å². The molecule has 6 heteroatoms. The predicted octanol–water partition coefficient (Wildman–Crippen LogP) is 0.151. The molecule has 0 radical (unpaired) electrons. The van der Waals surface area contributed by atoms with Crippen LogP contribution in [0, 0.1) is 0 Å². The highest BCUT2D eigenvalue weighted by Gasteiger charge is 2.35. The van der Waals surface area contributed by atoms with Gasteiger partial charge in [0.25, 0.3) is 0 Å². The Hall–Kier alpha value is -1.43. The third kappa shape index (κ3) is 2.25. The van der Waals surface area contributed by atoms with E-state index in [1.165, 1.54) is 12.8 Å². The molecule has 2 heterocycles.